The summed E-state index contributed by atoms with van der Waals surface area (Å²) in [6, 6.07) is 5.34. The van der Waals surface area contributed by atoms with Crippen LogP contribution in [0.5, 0.6) is 0 Å². The molecule has 1 aliphatic rings. The summed E-state index contributed by atoms with van der Waals surface area (Å²) in [7, 11) is 0. The van der Waals surface area contributed by atoms with E-state index in [-0.39, 0.29) is 0 Å². The quantitative estimate of drug-likeness (QED) is 0.338. The fourth-order valence-corrected chi connectivity index (χ4v) is 4.15. The average molecular weight is 335 g/mol. The number of hydrogen-bond donors (Lipinski definition) is 3. The molecule has 5 N–H and O–H groups in total. The zero-order valence-corrected chi connectivity index (χ0v) is 13.5. The van der Waals surface area contributed by atoms with Crippen LogP contribution in [0.4, 0.5) is 10.5 Å². The van der Waals surface area contributed by atoms with Crippen molar-refractivity contribution in [2.24, 2.45) is 11.7 Å². The number of urea groups is 1. The number of benzene rings is 1. The van der Waals surface area contributed by atoms with E-state index in [1.807, 2.05) is 17.5 Å². The van der Waals surface area contributed by atoms with E-state index in [0.717, 1.165) is 20.7 Å². The molecule has 0 saturated heterocycles. The zero-order chi connectivity index (χ0) is 15.5. The smallest absolute Gasteiger partial charge is 0.274 e. The topological polar surface area (TPSA) is 97.3 Å². The van der Waals surface area contributed by atoms with Gasteiger partial charge in [-0.3, -0.25) is 5.43 Å². The van der Waals surface area contributed by atoms with Crippen molar-refractivity contribution in [1.29, 1.82) is 0 Å². The highest BCUT2D eigenvalue weighted by atomic mass is 32.2. The fraction of sp³-hybridized carbons (Fsp3) is 0.286. The fourth-order valence-electron chi connectivity index (χ4n) is 2.24. The van der Waals surface area contributed by atoms with Crippen LogP contribution in [-0.4, -0.2) is 11.0 Å². The van der Waals surface area contributed by atoms with Gasteiger partial charge in [-0.05, 0) is 30.4 Å². The van der Waals surface area contributed by atoms with E-state index in [1.165, 1.54) is 18.4 Å². The lowest BCUT2D eigenvalue weighted by Crippen LogP contribution is -2.47. The maximum atomic E-state index is 11.7. The van der Waals surface area contributed by atoms with Gasteiger partial charge in [-0.15, -0.1) is 23.1 Å². The van der Waals surface area contributed by atoms with Crippen molar-refractivity contribution in [2.45, 2.75) is 29.4 Å². The Kier molecular flexibility index (Phi) is 4.63. The van der Waals surface area contributed by atoms with Crippen molar-refractivity contribution < 1.29 is 4.79 Å². The second-order valence-electron chi connectivity index (χ2n) is 5.00. The molecule has 1 heterocycles. The number of amides is 2. The molecule has 0 unspecified atom stereocenters. The third kappa shape index (κ3) is 3.25. The molecule has 0 bridgehead atoms. The van der Waals surface area contributed by atoms with Crippen molar-refractivity contribution in [3.05, 3.63) is 40.3 Å². The van der Waals surface area contributed by atoms with Gasteiger partial charge in [0.05, 0.1) is 11.4 Å². The molecule has 1 aliphatic carbocycles. The largest absolute Gasteiger partial charge is 0.350 e. The minimum atomic E-state index is -0.538. The van der Waals surface area contributed by atoms with E-state index in [1.54, 1.807) is 29.3 Å². The lowest BCUT2D eigenvalue weighted by Gasteiger charge is -2.21. The number of nitrogens with two attached hydrogens (primary N) is 2. The maximum Gasteiger partial charge on any atom is 0.350 e. The number of thiazole rings is 1. The number of nitrogens with zero attached hydrogens (tertiary/aromatic N) is 2. The van der Waals surface area contributed by atoms with Crippen molar-refractivity contribution in [1.82, 2.24) is 10.4 Å². The van der Waals surface area contributed by atoms with Crippen molar-refractivity contribution in [3.63, 3.8) is 0 Å². The third-order valence-electron chi connectivity index (χ3n) is 3.47. The molecule has 0 spiro atoms. The summed E-state index contributed by atoms with van der Waals surface area (Å²) in [6.45, 7) is 0. The van der Waals surface area contributed by atoms with Crippen LogP contribution in [0.15, 0.2) is 34.7 Å². The Morgan fingerprint density at radius 3 is 2.95 bits per heavy atom. The average Bonchev–Trinajstić information content (AvgIpc) is 3.27. The van der Waals surface area contributed by atoms with Crippen molar-refractivity contribution >= 4 is 34.8 Å². The highest BCUT2D eigenvalue weighted by molar-refractivity contribution is 7.98. The van der Waals surface area contributed by atoms with Crippen molar-refractivity contribution in [2.75, 3.05) is 5.01 Å². The number of carbonyl (C=O) groups is 1. The van der Waals surface area contributed by atoms with E-state index in [2.05, 4.69) is 16.5 Å². The van der Waals surface area contributed by atoms with Crippen LogP contribution < -0.4 is 22.1 Å². The second-order valence-corrected chi connectivity index (χ2v) is 6.97. The number of anilines is 1. The van der Waals surface area contributed by atoms with Gasteiger partial charge in [-0.25, -0.2) is 26.5 Å². The van der Waals surface area contributed by atoms with Crippen LogP contribution >= 0.6 is 23.1 Å². The highest BCUT2D eigenvalue weighted by Crippen LogP contribution is 2.47. The molecule has 1 fully saturated rings. The second kappa shape index (κ2) is 6.66. The minimum Gasteiger partial charge on any atom is -0.274 e. The summed E-state index contributed by atoms with van der Waals surface area (Å²) < 4.78 is 0. The lowest BCUT2D eigenvalue weighted by atomic mass is 10.1. The van der Waals surface area contributed by atoms with Crippen molar-refractivity contribution in [3.8, 4) is 0 Å². The maximum absolute atomic E-state index is 11.7. The first-order chi connectivity index (χ1) is 10.7. The SMILES string of the molecule is NNC(=O)N(N)c1cccc(C2CC2)c1SCc1nccs1. The third-order valence-corrected chi connectivity index (χ3v) is 5.58. The Labute approximate surface area is 136 Å². The predicted octanol–water partition coefficient (Wildman–Crippen LogP) is 2.58. The standard InChI is InChI=1S/C14H17N5OS2/c15-18-14(20)19(16)11-3-1-2-10(9-4-5-9)13(11)22-8-12-17-6-7-21-12/h1-3,6-7,9H,4-5,8,15-16H2,(H,18,20). The molecule has 0 radical (unpaired) electrons. The van der Waals surface area contributed by atoms with Gasteiger partial charge in [0.2, 0.25) is 0 Å². The van der Waals surface area contributed by atoms with Crippen LogP contribution in [0.2, 0.25) is 0 Å². The van der Waals surface area contributed by atoms with E-state index >= 15 is 0 Å². The zero-order valence-electron chi connectivity index (χ0n) is 11.9. The first-order valence-corrected chi connectivity index (χ1v) is 8.76. The monoisotopic (exact) mass is 335 g/mol. The Morgan fingerprint density at radius 1 is 1.50 bits per heavy atom. The molecule has 1 aromatic heterocycles. The van der Waals surface area contributed by atoms with Gasteiger partial charge in [0, 0.05) is 16.5 Å². The number of aromatic nitrogens is 1. The molecule has 0 aliphatic heterocycles. The normalized spacial score (nSPS) is 13.9. The Morgan fingerprint density at radius 2 is 2.32 bits per heavy atom. The van der Waals surface area contributed by atoms with Crippen LogP contribution in [0.3, 0.4) is 0 Å². The summed E-state index contributed by atoms with van der Waals surface area (Å²) in [5.74, 6) is 12.4. The summed E-state index contributed by atoms with van der Waals surface area (Å²) >= 11 is 3.28. The molecule has 2 aromatic rings. The van der Waals surface area contributed by atoms with Gasteiger partial charge in [0.25, 0.3) is 0 Å². The van der Waals surface area contributed by atoms with E-state index in [0.29, 0.717) is 11.6 Å². The number of thioether (sulfide) groups is 1. The Bertz CT molecular complexity index is 657. The molecule has 1 aromatic carbocycles. The predicted molar refractivity (Wildman–Crippen MR) is 89.5 cm³/mol. The van der Waals surface area contributed by atoms with Crippen LogP contribution in [0.25, 0.3) is 0 Å². The van der Waals surface area contributed by atoms with Gasteiger partial charge in [-0.2, -0.15) is 0 Å². The number of carbonyl (C=O) groups excluding carboxylic acids is 1. The Balaban J connectivity index is 1.90. The van der Waals surface area contributed by atoms with E-state index in [9.17, 15) is 4.79 Å². The first-order valence-electron chi connectivity index (χ1n) is 6.90. The molecule has 0 atom stereocenters. The number of nitrogens with one attached hydrogen (secondary N) is 1. The van der Waals surface area contributed by atoms with Gasteiger partial charge < -0.3 is 0 Å². The van der Waals surface area contributed by atoms with Gasteiger partial charge in [0.1, 0.15) is 5.01 Å². The van der Waals surface area contributed by atoms with Crippen LogP contribution in [0.1, 0.15) is 29.3 Å². The van der Waals surface area contributed by atoms with Crippen LogP contribution in [0, 0.1) is 0 Å². The molecule has 6 nitrogen and oxygen atoms in total. The lowest BCUT2D eigenvalue weighted by molar-refractivity contribution is 0.246. The first kappa shape index (κ1) is 15.3. The molecular weight excluding hydrogens is 318 g/mol. The molecular formula is C14H17N5OS2. The minimum absolute atomic E-state index is 0.538. The molecule has 3 rings (SSSR count). The van der Waals surface area contributed by atoms with Gasteiger partial charge in [-0.1, -0.05) is 12.1 Å². The number of hydrogen-bond acceptors (Lipinski definition) is 6. The molecule has 1 saturated carbocycles. The van der Waals surface area contributed by atoms with Gasteiger partial charge >= 0.3 is 6.03 Å². The summed E-state index contributed by atoms with van der Waals surface area (Å²) in [5, 5.41) is 4.07. The van der Waals surface area contributed by atoms with E-state index in [4.69, 9.17) is 11.7 Å². The van der Waals surface area contributed by atoms with Gasteiger partial charge in [0.15, 0.2) is 0 Å². The molecule has 8 heteroatoms. The number of rotatable bonds is 5. The molecule has 116 valence electrons. The van der Waals surface area contributed by atoms with Crippen LogP contribution in [-0.2, 0) is 5.75 Å². The summed E-state index contributed by atoms with van der Waals surface area (Å²) in [6.07, 6.45) is 4.16. The molecule has 2 amide bonds. The molecule has 22 heavy (non-hydrogen) atoms. The summed E-state index contributed by atoms with van der Waals surface area (Å²) in [5.41, 5.74) is 3.99. The number of hydrazine groups is 2. The Hall–Kier alpha value is -1.61. The summed E-state index contributed by atoms with van der Waals surface area (Å²) in [4.78, 5) is 17.1. The highest BCUT2D eigenvalue weighted by Gasteiger charge is 2.28. The van der Waals surface area contributed by atoms with E-state index < -0.39 is 6.03 Å².